The Kier molecular flexibility index (Phi) is 5.46. The summed E-state index contributed by atoms with van der Waals surface area (Å²) in [5.41, 5.74) is 0.940. The molecule has 0 saturated heterocycles. The Morgan fingerprint density at radius 1 is 1.26 bits per heavy atom. The van der Waals surface area contributed by atoms with E-state index in [1.807, 2.05) is 30.3 Å². The molecule has 0 aromatic heterocycles. The molecule has 1 N–H and O–H groups in total. The highest BCUT2D eigenvalue weighted by molar-refractivity contribution is 5.84. The van der Waals surface area contributed by atoms with Gasteiger partial charge < -0.3 is 10.0 Å². The molecule has 1 rings (SSSR count). The summed E-state index contributed by atoms with van der Waals surface area (Å²) in [5.74, 6) is -0.722. The van der Waals surface area contributed by atoms with Crippen molar-refractivity contribution in [3.05, 3.63) is 46.0 Å². The first-order chi connectivity index (χ1) is 8.99. The van der Waals surface area contributed by atoms with Crippen molar-refractivity contribution in [2.45, 2.75) is 6.42 Å². The van der Waals surface area contributed by atoms with Crippen LogP contribution in [0.15, 0.2) is 30.3 Å². The van der Waals surface area contributed by atoms with Crippen molar-refractivity contribution >= 4 is 11.9 Å². The number of carbonyl (C=O) groups is 2. The molecule has 0 spiro atoms. The predicted octanol–water partition coefficient (Wildman–Crippen LogP) is 1.05. The van der Waals surface area contributed by atoms with E-state index < -0.39 is 29.9 Å². The summed E-state index contributed by atoms with van der Waals surface area (Å²) in [6, 6.07) is 9.20. The van der Waals surface area contributed by atoms with Gasteiger partial charge in [-0.2, -0.15) is 0 Å². The highest BCUT2D eigenvalue weighted by Crippen LogP contribution is 2.02. The van der Waals surface area contributed by atoms with Crippen LogP contribution in [-0.2, 0) is 11.2 Å². The molecular weight excluding hydrogens is 252 g/mol. The van der Waals surface area contributed by atoms with Crippen molar-refractivity contribution in [2.75, 3.05) is 19.6 Å². The van der Waals surface area contributed by atoms with E-state index >= 15 is 0 Å². The number of hydrogen-bond donors (Lipinski definition) is 1. The van der Waals surface area contributed by atoms with E-state index in [9.17, 15) is 19.7 Å². The molecule has 0 saturated carbocycles. The molecule has 0 fully saturated rings. The minimum absolute atomic E-state index is 0.128. The monoisotopic (exact) mass is 266 g/mol. The molecule has 0 bridgehead atoms. The minimum atomic E-state index is -1.26. The van der Waals surface area contributed by atoms with E-state index in [1.165, 1.54) is 0 Å². The van der Waals surface area contributed by atoms with Gasteiger partial charge >= 0.3 is 6.09 Å². The fraction of sp³-hybridized carbons (Fsp3) is 0.333. The molecule has 0 unspecified atom stereocenters. The molecule has 102 valence electrons. The highest BCUT2D eigenvalue weighted by Gasteiger charge is 2.18. The molecule has 0 aliphatic carbocycles. The molecule has 1 amide bonds. The van der Waals surface area contributed by atoms with Gasteiger partial charge in [0.15, 0.2) is 0 Å². The first-order valence-electron chi connectivity index (χ1n) is 5.64. The van der Waals surface area contributed by atoms with Gasteiger partial charge in [0.2, 0.25) is 5.78 Å². The van der Waals surface area contributed by atoms with Crippen LogP contribution in [-0.4, -0.2) is 46.4 Å². The van der Waals surface area contributed by atoms with Gasteiger partial charge in [-0.05, 0) is 12.0 Å². The van der Waals surface area contributed by atoms with Crippen LogP contribution in [0.1, 0.15) is 5.56 Å². The number of benzene rings is 1. The highest BCUT2D eigenvalue weighted by atomic mass is 16.6. The van der Waals surface area contributed by atoms with Crippen LogP contribution in [0.5, 0.6) is 0 Å². The molecule has 0 heterocycles. The maximum absolute atomic E-state index is 11.2. The summed E-state index contributed by atoms with van der Waals surface area (Å²) < 4.78 is 0. The number of hydrogen-bond acceptors (Lipinski definition) is 4. The number of rotatable bonds is 7. The summed E-state index contributed by atoms with van der Waals surface area (Å²) >= 11 is 0. The lowest BCUT2D eigenvalue weighted by atomic mass is 10.1. The SMILES string of the molecule is O=C(CN(CCc1ccccc1)C(=O)O)C[N+](=O)[O-]. The summed E-state index contributed by atoms with van der Waals surface area (Å²) in [6.45, 7) is -1.18. The van der Waals surface area contributed by atoms with Gasteiger partial charge in [0.25, 0.3) is 6.54 Å². The first kappa shape index (κ1) is 14.6. The maximum Gasteiger partial charge on any atom is 0.407 e. The Hall–Kier alpha value is -2.44. The zero-order chi connectivity index (χ0) is 14.3. The van der Waals surface area contributed by atoms with Crippen molar-refractivity contribution in [3.8, 4) is 0 Å². The zero-order valence-corrected chi connectivity index (χ0v) is 10.2. The van der Waals surface area contributed by atoms with E-state index in [0.29, 0.717) is 6.42 Å². The number of nitro groups is 1. The third-order valence-corrected chi connectivity index (χ3v) is 2.46. The number of Topliss-reactive ketones (excluding diaryl/α,β-unsaturated/α-hetero) is 1. The maximum atomic E-state index is 11.2. The normalized spacial score (nSPS) is 9.89. The average molecular weight is 266 g/mol. The van der Waals surface area contributed by atoms with E-state index in [0.717, 1.165) is 10.5 Å². The Bertz CT molecular complexity index is 460. The minimum Gasteiger partial charge on any atom is -0.465 e. The zero-order valence-electron chi connectivity index (χ0n) is 10.2. The molecule has 19 heavy (non-hydrogen) atoms. The van der Waals surface area contributed by atoms with Crippen molar-refractivity contribution in [1.82, 2.24) is 4.90 Å². The number of carboxylic acid groups (broad SMARTS) is 1. The predicted molar refractivity (Wildman–Crippen MR) is 66.6 cm³/mol. The van der Waals surface area contributed by atoms with Crippen molar-refractivity contribution in [2.24, 2.45) is 0 Å². The molecule has 7 heteroatoms. The molecule has 1 aromatic rings. The molecular formula is C12H14N2O5. The van der Waals surface area contributed by atoms with Gasteiger partial charge in [-0.15, -0.1) is 0 Å². The van der Waals surface area contributed by atoms with Crippen LogP contribution in [0.4, 0.5) is 4.79 Å². The topological polar surface area (TPSA) is 101 Å². The van der Waals surface area contributed by atoms with E-state index in [4.69, 9.17) is 5.11 Å². The van der Waals surface area contributed by atoms with Crippen LogP contribution in [0.25, 0.3) is 0 Å². The number of amides is 1. The molecule has 0 aliphatic heterocycles. The second kappa shape index (κ2) is 7.10. The molecule has 7 nitrogen and oxygen atoms in total. The largest absolute Gasteiger partial charge is 0.465 e. The van der Waals surface area contributed by atoms with Gasteiger partial charge in [-0.1, -0.05) is 30.3 Å². The Labute approximate surface area is 109 Å². The third kappa shape index (κ3) is 5.62. The van der Waals surface area contributed by atoms with E-state index in [1.54, 1.807) is 0 Å². The summed E-state index contributed by atoms with van der Waals surface area (Å²) in [5, 5.41) is 19.1. The lowest BCUT2D eigenvalue weighted by Gasteiger charge is -2.17. The number of ketones is 1. The second-order valence-corrected chi connectivity index (χ2v) is 3.97. The van der Waals surface area contributed by atoms with E-state index in [-0.39, 0.29) is 6.54 Å². The molecule has 0 atom stereocenters. The van der Waals surface area contributed by atoms with E-state index in [2.05, 4.69) is 0 Å². The van der Waals surface area contributed by atoms with Gasteiger partial charge in [0.1, 0.15) is 0 Å². The lowest BCUT2D eigenvalue weighted by molar-refractivity contribution is -0.467. The Morgan fingerprint density at radius 3 is 2.42 bits per heavy atom. The average Bonchev–Trinajstić information content (AvgIpc) is 2.34. The molecule has 0 radical (unpaired) electrons. The summed E-state index contributed by atoms with van der Waals surface area (Å²) in [6.07, 6.45) is -0.800. The van der Waals surface area contributed by atoms with Gasteiger partial charge in [-0.25, -0.2) is 4.79 Å². The lowest BCUT2D eigenvalue weighted by Crippen LogP contribution is -2.38. The van der Waals surface area contributed by atoms with Gasteiger partial charge in [0.05, 0.1) is 6.54 Å². The van der Waals surface area contributed by atoms with Gasteiger partial charge in [0, 0.05) is 11.5 Å². The van der Waals surface area contributed by atoms with Crippen LogP contribution < -0.4 is 0 Å². The van der Waals surface area contributed by atoms with Crippen molar-refractivity contribution in [3.63, 3.8) is 0 Å². The molecule has 1 aromatic carbocycles. The van der Waals surface area contributed by atoms with Crippen molar-refractivity contribution in [1.29, 1.82) is 0 Å². The fourth-order valence-corrected chi connectivity index (χ4v) is 1.56. The number of nitrogens with zero attached hydrogens (tertiary/aromatic N) is 2. The van der Waals surface area contributed by atoms with Crippen LogP contribution in [0.3, 0.4) is 0 Å². The van der Waals surface area contributed by atoms with Crippen LogP contribution in [0, 0.1) is 10.1 Å². The number of carbonyl (C=O) groups excluding carboxylic acids is 1. The van der Waals surface area contributed by atoms with Gasteiger partial charge in [-0.3, -0.25) is 14.9 Å². The Balaban J connectivity index is 2.51. The molecule has 0 aliphatic rings. The van der Waals surface area contributed by atoms with Crippen molar-refractivity contribution < 1.29 is 19.6 Å². The second-order valence-electron chi connectivity index (χ2n) is 3.97. The smallest absolute Gasteiger partial charge is 0.407 e. The first-order valence-corrected chi connectivity index (χ1v) is 5.64. The quantitative estimate of drug-likeness (QED) is 0.587. The third-order valence-electron chi connectivity index (χ3n) is 2.46. The standard InChI is InChI=1S/C12H14N2O5/c15-11(9-14(18)19)8-13(12(16)17)7-6-10-4-2-1-3-5-10/h1-5H,6-9H2,(H,16,17). The van der Waals surface area contributed by atoms with Crippen LogP contribution >= 0.6 is 0 Å². The Morgan fingerprint density at radius 2 is 1.89 bits per heavy atom. The van der Waals surface area contributed by atoms with Crippen LogP contribution in [0.2, 0.25) is 0 Å². The summed E-state index contributed by atoms with van der Waals surface area (Å²) in [4.78, 5) is 32.5. The fourth-order valence-electron chi connectivity index (χ4n) is 1.56. The summed E-state index contributed by atoms with van der Waals surface area (Å²) in [7, 11) is 0.